The van der Waals surface area contributed by atoms with E-state index >= 15 is 0 Å². The summed E-state index contributed by atoms with van der Waals surface area (Å²) in [5.74, 6) is -0.598. The van der Waals surface area contributed by atoms with E-state index in [9.17, 15) is 9.59 Å². The second kappa shape index (κ2) is 6.63. The molecule has 1 aromatic rings. The van der Waals surface area contributed by atoms with Gasteiger partial charge < -0.3 is 20.7 Å². The summed E-state index contributed by atoms with van der Waals surface area (Å²) in [5, 5.41) is 2.70. The van der Waals surface area contributed by atoms with Crippen LogP contribution in [0.4, 0.5) is 11.4 Å². The first-order valence-electron chi connectivity index (χ1n) is 5.95. The molecule has 0 heterocycles. The van der Waals surface area contributed by atoms with Gasteiger partial charge in [-0.3, -0.25) is 4.79 Å². The average molecular weight is 265 g/mol. The Bertz CT molecular complexity index is 474. The number of nitrogens with zero attached hydrogens (tertiary/aromatic N) is 1. The van der Waals surface area contributed by atoms with Crippen LogP contribution in [0, 0.1) is 0 Å². The van der Waals surface area contributed by atoms with Gasteiger partial charge in [-0.1, -0.05) is 6.07 Å². The molecule has 0 unspecified atom stereocenters. The van der Waals surface area contributed by atoms with E-state index in [4.69, 9.17) is 5.73 Å². The first-order chi connectivity index (χ1) is 9.01. The van der Waals surface area contributed by atoms with E-state index in [0.29, 0.717) is 23.5 Å². The van der Waals surface area contributed by atoms with Gasteiger partial charge in [0.25, 0.3) is 0 Å². The number of benzene rings is 1. The van der Waals surface area contributed by atoms with Gasteiger partial charge >= 0.3 is 5.97 Å². The summed E-state index contributed by atoms with van der Waals surface area (Å²) < 4.78 is 4.65. The smallest absolute Gasteiger partial charge is 0.340 e. The molecule has 1 amide bonds. The highest BCUT2D eigenvalue weighted by molar-refractivity contribution is 5.98. The molecule has 0 aromatic heterocycles. The Labute approximate surface area is 112 Å². The summed E-state index contributed by atoms with van der Waals surface area (Å²) in [6, 6.07) is 5.04. The summed E-state index contributed by atoms with van der Waals surface area (Å²) in [4.78, 5) is 24.7. The van der Waals surface area contributed by atoms with E-state index in [1.807, 2.05) is 6.92 Å². The van der Waals surface area contributed by atoms with Crippen molar-refractivity contribution >= 4 is 23.3 Å². The number of methoxy groups -OCH3 is 1. The Morgan fingerprint density at radius 1 is 1.42 bits per heavy atom. The zero-order chi connectivity index (χ0) is 14.4. The van der Waals surface area contributed by atoms with Crippen LogP contribution in [-0.2, 0) is 9.53 Å². The summed E-state index contributed by atoms with van der Waals surface area (Å²) >= 11 is 0. The molecule has 6 heteroatoms. The number of anilines is 2. The Kier molecular flexibility index (Phi) is 5.17. The average Bonchev–Trinajstić information content (AvgIpc) is 2.38. The van der Waals surface area contributed by atoms with E-state index in [1.165, 1.54) is 7.11 Å². The van der Waals surface area contributed by atoms with Crippen LogP contribution in [0.2, 0.25) is 0 Å². The number of likely N-dealkylation sites (N-methyl/N-ethyl adjacent to an activating group) is 2. The highest BCUT2D eigenvalue weighted by atomic mass is 16.5. The largest absolute Gasteiger partial charge is 0.465 e. The number of nitrogens with two attached hydrogens (primary N) is 1. The molecular formula is C13H19N3O3. The number of ether oxygens (including phenoxy) is 1. The predicted octanol–water partition coefficient (Wildman–Crippen LogP) is 0.628. The van der Waals surface area contributed by atoms with Crippen molar-refractivity contribution in [3.05, 3.63) is 23.8 Å². The molecule has 0 fully saturated rings. The third kappa shape index (κ3) is 3.61. The minimum atomic E-state index is -0.495. The third-order valence-electron chi connectivity index (χ3n) is 2.65. The van der Waals surface area contributed by atoms with E-state index in [-0.39, 0.29) is 12.5 Å². The second-order valence-corrected chi connectivity index (χ2v) is 4.04. The Balaban J connectivity index is 2.94. The Morgan fingerprint density at radius 3 is 2.68 bits per heavy atom. The fourth-order valence-electron chi connectivity index (χ4n) is 1.73. The molecule has 0 aliphatic carbocycles. The van der Waals surface area contributed by atoms with Crippen LogP contribution in [0.5, 0.6) is 0 Å². The van der Waals surface area contributed by atoms with Crippen LogP contribution in [0.15, 0.2) is 18.2 Å². The minimum Gasteiger partial charge on any atom is -0.465 e. The van der Waals surface area contributed by atoms with Crippen molar-refractivity contribution in [1.82, 2.24) is 5.32 Å². The second-order valence-electron chi connectivity index (χ2n) is 4.04. The highest BCUT2D eigenvalue weighted by Crippen LogP contribution is 2.26. The number of carbonyl (C=O) groups is 2. The van der Waals surface area contributed by atoms with Crippen LogP contribution in [-0.4, -0.2) is 39.1 Å². The van der Waals surface area contributed by atoms with Gasteiger partial charge in [-0.2, -0.15) is 0 Å². The van der Waals surface area contributed by atoms with Gasteiger partial charge in [0.1, 0.15) is 0 Å². The lowest BCUT2D eigenvalue weighted by atomic mass is 10.1. The van der Waals surface area contributed by atoms with Crippen molar-refractivity contribution in [1.29, 1.82) is 0 Å². The zero-order valence-corrected chi connectivity index (χ0v) is 11.4. The van der Waals surface area contributed by atoms with Crippen LogP contribution < -0.4 is 16.0 Å². The maximum Gasteiger partial charge on any atom is 0.340 e. The van der Waals surface area contributed by atoms with Crippen LogP contribution in [0.3, 0.4) is 0 Å². The number of rotatable bonds is 5. The fraction of sp³-hybridized carbons (Fsp3) is 0.385. The molecule has 0 radical (unpaired) electrons. The third-order valence-corrected chi connectivity index (χ3v) is 2.65. The van der Waals surface area contributed by atoms with Crippen molar-refractivity contribution in [2.24, 2.45) is 0 Å². The number of hydrogen-bond donors (Lipinski definition) is 2. The predicted molar refractivity (Wildman–Crippen MR) is 74.1 cm³/mol. The first-order valence-corrected chi connectivity index (χ1v) is 5.95. The van der Waals surface area contributed by atoms with Crippen molar-refractivity contribution in [3.8, 4) is 0 Å². The van der Waals surface area contributed by atoms with E-state index < -0.39 is 5.97 Å². The molecule has 0 saturated carbocycles. The van der Waals surface area contributed by atoms with Crippen molar-refractivity contribution in [3.63, 3.8) is 0 Å². The van der Waals surface area contributed by atoms with Gasteiger partial charge in [-0.05, 0) is 19.1 Å². The highest BCUT2D eigenvalue weighted by Gasteiger charge is 2.16. The van der Waals surface area contributed by atoms with Gasteiger partial charge in [0, 0.05) is 13.6 Å². The van der Waals surface area contributed by atoms with Gasteiger partial charge in [0.2, 0.25) is 5.91 Å². The number of nitrogen functional groups attached to an aromatic ring is 1. The van der Waals surface area contributed by atoms with Crippen LogP contribution in [0.25, 0.3) is 0 Å². The standard InChI is InChI=1S/C13H19N3O3/c1-4-15-11(17)8-16(2)10-7-5-6-9(12(10)14)13(18)19-3/h5-7H,4,8,14H2,1-3H3,(H,15,17). The van der Waals surface area contributed by atoms with Crippen molar-refractivity contribution in [2.75, 3.05) is 37.9 Å². The van der Waals surface area contributed by atoms with Crippen LogP contribution in [0.1, 0.15) is 17.3 Å². The number of amides is 1. The van der Waals surface area contributed by atoms with Crippen molar-refractivity contribution < 1.29 is 14.3 Å². The molecule has 1 rings (SSSR count). The van der Waals surface area contributed by atoms with Gasteiger partial charge in [-0.15, -0.1) is 0 Å². The van der Waals surface area contributed by atoms with Crippen molar-refractivity contribution in [2.45, 2.75) is 6.92 Å². The van der Waals surface area contributed by atoms with Crippen LogP contribution >= 0.6 is 0 Å². The summed E-state index contributed by atoms with van der Waals surface area (Å²) in [5.41, 5.74) is 7.16. The number of esters is 1. The maximum absolute atomic E-state index is 11.5. The number of para-hydroxylation sites is 1. The SMILES string of the molecule is CCNC(=O)CN(C)c1cccc(C(=O)OC)c1N. The molecule has 104 valence electrons. The van der Waals surface area contributed by atoms with Gasteiger partial charge in [0.05, 0.1) is 30.6 Å². The van der Waals surface area contributed by atoms with Gasteiger partial charge in [-0.25, -0.2) is 4.79 Å². The van der Waals surface area contributed by atoms with E-state index in [0.717, 1.165) is 0 Å². The zero-order valence-electron chi connectivity index (χ0n) is 11.4. The molecule has 0 spiro atoms. The molecule has 6 nitrogen and oxygen atoms in total. The number of carbonyl (C=O) groups excluding carboxylic acids is 2. The molecule has 1 aromatic carbocycles. The maximum atomic E-state index is 11.5. The molecular weight excluding hydrogens is 246 g/mol. The van der Waals surface area contributed by atoms with E-state index in [1.54, 1.807) is 30.1 Å². The molecule has 0 aliphatic heterocycles. The molecule has 0 saturated heterocycles. The Hall–Kier alpha value is -2.24. The lowest BCUT2D eigenvalue weighted by Gasteiger charge is -2.21. The van der Waals surface area contributed by atoms with E-state index in [2.05, 4.69) is 10.1 Å². The summed E-state index contributed by atoms with van der Waals surface area (Å²) in [7, 11) is 3.04. The summed E-state index contributed by atoms with van der Waals surface area (Å²) in [6.07, 6.45) is 0. The quantitative estimate of drug-likeness (QED) is 0.602. The molecule has 0 atom stereocenters. The monoisotopic (exact) mass is 265 g/mol. The molecule has 19 heavy (non-hydrogen) atoms. The normalized spacial score (nSPS) is 9.84. The molecule has 0 bridgehead atoms. The number of nitrogens with one attached hydrogen (secondary N) is 1. The molecule has 0 aliphatic rings. The molecule has 3 N–H and O–H groups in total. The first kappa shape index (κ1) is 14.8. The van der Waals surface area contributed by atoms with Gasteiger partial charge in [0.15, 0.2) is 0 Å². The number of hydrogen-bond acceptors (Lipinski definition) is 5. The summed E-state index contributed by atoms with van der Waals surface area (Å²) in [6.45, 7) is 2.59. The minimum absolute atomic E-state index is 0.104. The fourth-order valence-corrected chi connectivity index (χ4v) is 1.73. The lowest BCUT2D eigenvalue weighted by molar-refractivity contribution is -0.119. The Morgan fingerprint density at radius 2 is 2.11 bits per heavy atom. The topological polar surface area (TPSA) is 84.7 Å². The lowest BCUT2D eigenvalue weighted by Crippen LogP contribution is -2.35.